The van der Waals surface area contributed by atoms with Crippen LogP contribution in [0.1, 0.15) is 16.1 Å². The molecule has 0 atom stereocenters. The van der Waals surface area contributed by atoms with E-state index in [4.69, 9.17) is 16.1 Å². The molecule has 0 saturated heterocycles. The Morgan fingerprint density at radius 2 is 2.06 bits per heavy atom. The monoisotopic (exact) mass is 240 g/mol. The molecular weight excluding hydrogens is 232 g/mol. The summed E-state index contributed by atoms with van der Waals surface area (Å²) in [6.45, 7) is 0. The van der Waals surface area contributed by atoms with Crippen molar-refractivity contribution in [3.05, 3.63) is 41.6 Å². The van der Waals surface area contributed by atoms with Crippen molar-refractivity contribution in [1.82, 2.24) is 9.97 Å². The van der Waals surface area contributed by atoms with E-state index in [0.717, 1.165) is 0 Å². The Bertz CT molecular complexity index is 661. The third-order valence-electron chi connectivity index (χ3n) is 2.29. The number of hydrogen-bond acceptors (Lipinski definition) is 5. The number of aromatic carboxylic acids is 1. The zero-order chi connectivity index (χ0) is 13.1. The number of aromatic nitrogens is 2. The SMILES string of the molecule is N#Cc1ccccc1-c1cc(C(=O)O)nc(N)n1. The topological polar surface area (TPSA) is 113 Å². The van der Waals surface area contributed by atoms with Crippen LogP contribution in [0.5, 0.6) is 0 Å². The van der Waals surface area contributed by atoms with E-state index in [0.29, 0.717) is 16.8 Å². The highest BCUT2D eigenvalue weighted by Crippen LogP contribution is 2.22. The highest BCUT2D eigenvalue weighted by molar-refractivity contribution is 5.87. The van der Waals surface area contributed by atoms with Gasteiger partial charge in [-0.2, -0.15) is 5.26 Å². The van der Waals surface area contributed by atoms with Crippen LogP contribution in [-0.2, 0) is 0 Å². The molecule has 88 valence electrons. The number of nitrogens with zero attached hydrogens (tertiary/aromatic N) is 3. The van der Waals surface area contributed by atoms with E-state index in [-0.39, 0.29) is 11.6 Å². The smallest absolute Gasteiger partial charge is 0.354 e. The molecule has 3 N–H and O–H groups in total. The molecule has 1 heterocycles. The Hall–Kier alpha value is -2.94. The molecule has 2 aromatic rings. The van der Waals surface area contributed by atoms with E-state index in [2.05, 4.69) is 9.97 Å². The summed E-state index contributed by atoms with van der Waals surface area (Å²) in [5.41, 5.74) is 6.49. The molecule has 0 aliphatic heterocycles. The summed E-state index contributed by atoms with van der Waals surface area (Å²) in [6, 6.07) is 10.0. The molecule has 0 aliphatic rings. The fourth-order valence-electron chi connectivity index (χ4n) is 1.52. The van der Waals surface area contributed by atoms with Gasteiger partial charge in [-0.1, -0.05) is 18.2 Å². The van der Waals surface area contributed by atoms with E-state index < -0.39 is 5.97 Å². The van der Waals surface area contributed by atoms with Crippen molar-refractivity contribution in [2.75, 3.05) is 5.73 Å². The number of carboxylic acids is 1. The van der Waals surface area contributed by atoms with Crippen LogP contribution in [0.15, 0.2) is 30.3 Å². The minimum Gasteiger partial charge on any atom is -0.477 e. The lowest BCUT2D eigenvalue weighted by Crippen LogP contribution is -2.06. The Balaban J connectivity index is 2.65. The van der Waals surface area contributed by atoms with Crippen LogP contribution in [-0.4, -0.2) is 21.0 Å². The molecule has 0 fully saturated rings. The molecule has 18 heavy (non-hydrogen) atoms. The maximum Gasteiger partial charge on any atom is 0.354 e. The molecule has 0 bridgehead atoms. The third-order valence-corrected chi connectivity index (χ3v) is 2.29. The van der Waals surface area contributed by atoms with E-state index in [1.54, 1.807) is 24.3 Å². The van der Waals surface area contributed by atoms with E-state index >= 15 is 0 Å². The zero-order valence-corrected chi connectivity index (χ0v) is 9.16. The van der Waals surface area contributed by atoms with Gasteiger partial charge in [0.25, 0.3) is 0 Å². The molecule has 0 aliphatic carbocycles. The largest absolute Gasteiger partial charge is 0.477 e. The number of carboxylic acid groups (broad SMARTS) is 1. The van der Waals surface area contributed by atoms with Crippen LogP contribution in [0.25, 0.3) is 11.3 Å². The van der Waals surface area contributed by atoms with Gasteiger partial charge in [-0.25, -0.2) is 14.8 Å². The van der Waals surface area contributed by atoms with Gasteiger partial charge in [-0.05, 0) is 12.1 Å². The number of rotatable bonds is 2. The number of hydrogen-bond donors (Lipinski definition) is 2. The van der Waals surface area contributed by atoms with Gasteiger partial charge in [0.15, 0.2) is 5.69 Å². The number of carbonyl (C=O) groups is 1. The fourth-order valence-corrected chi connectivity index (χ4v) is 1.52. The lowest BCUT2D eigenvalue weighted by molar-refractivity contribution is 0.0690. The minimum atomic E-state index is -1.19. The van der Waals surface area contributed by atoms with Gasteiger partial charge < -0.3 is 10.8 Å². The van der Waals surface area contributed by atoms with Gasteiger partial charge in [0.1, 0.15) is 0 Å². The first-order chi connectivity index (χ1) is 8.61. The molecule has 1 aromatic carbocycles. The van der Waals surface area contributed by atoms with Crippen molar-refractivity contribution in [3.8, 4) is 17.3 Å². The van der Waals surface area contributed by atoms with Crippen molar-refractivity contribution in [1.29, 1.82) is 5.26 Å². The normalized spacial score (nSPS) is 9.72. The summed E-state index contributed by atoms with van der Waals surface area (Å²) in [5.74, 6) is -1.34. The quantitative estimate of drug-likeness (QED) is 0.817. The summed E-state index contributed by atoms with van der Waals surface area (Å²) in [5, 5.41) is 17.9. The highest BCUT2D eigenvalue weighted by atomic mass is 16.4. The van der Waals surface area contributed by atoms with Crippen molar-refractivity contribution in [2.45, 2.75) is 0 Å². The van der Waals surface area contributed by atoms with Crippen LogP contribution >= 0.6 is 0 Å². The van der Waals surface area contributed by atoms with Crippen LogP contribution in [0.4, 0.5) is 5.95 Å². The fraction of sp³-hybridized carbons (Fsp3) is 0. The molecule has 1 aromatic heterocycles. The summed E-state index contributed by atoms with van der Waals surface area (Å²) in [4.78, 5) is 18.4. The summed E-state index contributed by atoms with van der Waals surface area (Å²) in [7, 11) is 0. The maximum absolute atomic E-state index is 10.9. The van der Waals surface area contributed by atoms with Crippen molar-refractivity contribution < 1.29 is 9.90 Å². The number of nitriles is 1. The summed E-state index contributed by atoms with van der Waals surface area (Å²) >= 11 is 0. The van der Waals surface area contributed by atoms with Gasteiger partial charge in [-0.3, -0.25) is 0 Å². The van der Waals surface area contributed by atoms with Crippen LogP contribution < -0.4 is 5.73 Å². The first-order valence-electron chi connectivity index (χ1n) is 4.99. The van der Waals surface area contributed by atoms with Crippen molar-refractivity contribution >= 4 is 11.9 Å². The van der Waals surface area contributed by atoms with E-state index in [1.807, 2.05) is 6.07 Å². The summed E-state index contributed by atoms with van der Waals surface area (Å²) in [6.07, 6.45) is 0. The average Bonchev–Trinajstić information content (AvgIpc) is 2.38. The molecule has 6 nitrogen and oxygen atoms in total. The second-order valence-corrected chi connectivity index (χ2v) is 3.46. The van der Waals surface area contributed by atoms with Crippen molar-refractivity contribution in [3.63, 3.8) is 0 Å². The van der Waals surface area contributed by atoms with Gasteiger partial charge in [0.05, 0.1) is 17.3 Å². The van der Waals surface area contributed by atoms with Crippen LogP contribution in [0.2, 0.25) is 0 Å². The Morgan fingerprint density at radius 3 is 2.72 bits per heavy atom. The average molecular weight is 240 g/mol. The zero-order valence-electron chi connectivity index (χ0n) is 9.16. The minimum absolute atomic E-state index is 0.141. The van der Waals surface area contributed by atoms with E-state index in [9.17, 15) is 4.79 Å². The second kappa shape index (κ2) is 4.51. The van der Waals surface area contributed by atoms with Gasteiger partial charge in [-0.15, -0.1) is 0 Å². The predicted octanol–water partition coefficient (Wildman–Crippen LogP) is 1.30. The Labute approximate surface area is 102 Å². The number of nitrogens with two attached hydrogens (primary N) is 1. The molecule has 0 amide bonds. The molecule has 0 spiro atoms. The molecule has 2 rings (SSSR count). The second-order valence-electron chi connectivity index (χ2n) is 3.46. The Morgan fingerprint density at radius 1 is 1.33 bits per heavy atom. The van der Waals surface area contributed by atoms with Gasteiger partial charge in [0.2, 0.25) is 5.95 Å². The number of anilines is 1. The third kappa shape index (κ3) is 2.10. The summed E-state index contributed by atoms with van der Waals surface area (Å²) < 4.78 is 0. The number of nitrogen functional groups attached to an aromatic ring is 1. The number of benzene rings is 1. The molecule has 0 saturated carbocycles. The first kappa shape index (κ1) is 11.5. The molecule has 0 radical (unpaired) electrons. The Kier molecular flexibility index (Phi) is 2.89. The molecule has 6 heteroatoms. The molecule has 0 unspecified atom stereocenters. The predicted molar refractivity (Wildman–Crippen MR) is 63.6 cm³/mol. The lowest BCUT2D eigenvalue weighted by Gasteiger charge is -2.05. The first-order valence-corrected chi connectivity index (χ1v) is 4.99. The lowest BCUT2D eigenvalue weighted by atomic mass is 10.0. The maximum atomic E-state index is 10.9. The van der Waals surface area contributed by atoms with E-state index in [1.165, 1.54) is 6.07 Å². The van der Waals surface area contributed by atoms with Crippen LogP contribution in [0.3, 0.4) is 0 Å². The van der Waals surface area contributed by atoms with Gasteiger partial charge in [0, 0.05) is 5.56 Å². The van der Waals surface area contributed by atoms with Crippen molar-refractivity contribution in [2.24, 2.45) is 0 Å². The standard InChI is InChI=1S/C12H8N4O2/c13-6-7-3-1-2-4-8(7)9-5-10(11(17)18)16-12(14)15-9/h1-5H,(H,17,18)(H2,14,15,16). The van der Waals surface area contributed by atoms with Gasteiger partial charge >= 0.3 is 5.97 Å². The molecular formula is C12H8N4O2. The van der Waals surface area contributed by atoms with Crippen LogP contribution in [0, 0.1) is 11.3 Å². The highest BCUT2D eigenvalue weighted by Gasteiger charge is 2.12.